The minimum Gasteiger partial charge on any atom is -0.497 e. The smallest absolute Gasteiger partial charge is 0.251 e. The number of methoxy groups -OCH3 is 1. The van der Waals surface area contributed by atoms with Crippen molar-refractivity contribution in [2.24, 2.45) is 17.3 Å². The van der Waals surface area contributed by atoms with Gasteiger partial charge in [-0.3, -0.25) is 4.79 Å². The van der Waals surface area contributed by atoms with Gasteiger partial charge in [0, 0.05) is 17.0 Å². The molecule has 0 unspecified atom stereocenters. The van der Waals surface area contributed by atoms with Crippen LogP contribution in [0.15, 0.2) is 24.3 Å². The Labute approximate surface area is 142 Å². The van der Waals surface area contributed by atoms with Crippen LogP contribution in [0.25, 0.3) is 0 Å². The van der Waals surface area contributed by atoms with E-state index in [4.69, 9.17) is 16.3 Å². The van der Waals surface area contributed by atoms with Crippen LogP contribution in [0, 0.1) is 17.3 Å². The van der Waals surface area contributed by atoms with Crippen LogP contribution in [0.3, 0.4) is 0 Å². The number of nitrogens with one attached hydrogen (secondary N) is 1. The van der Waals surface area contributed by atoms with Crippen LogP contribution in [0.2, 0.25) is 0 Å². The van der Waals surface area contributed by atoms with E-state index >= 15 is 0 Å². The van der Waals surface area contributed by atoms with Crippen LogP contribution in [-0.4, -0.2) is 24.4 Å². The van der Waals surface area contributed by atoms with Gasteiger partial charge >= 0.3 is 0 Å². The number of carbonyl (C=O) groups excluding carboxylic acids is 1. The van der Waals surface area contributed by atoms with E-state index in [1.165, 1.54) is 32.1 Å². The molecule has 4 fully saturated rings. The molecular formula is C19H24ClNO2. The first-order valence-electron chi connectivity index (χ1n) is 8.60. The molecule has 3 nitrogen and oxygen atoms in total. The summed E-state index contributed by atoms with van der Waals surface area (Å²) in [6.45, 7) is 0.763. The van der Waals surface area contributed by atoms with Crippen molar-refractivity contribution in [1.82, 2.24) is 5.32 Å². The summed E-state index contributed by atoms with van der Waals surface area (Å²) in [6, 6.07) is 7.29. The second-order valence-electron chi connectivity index (χ2n) is 8.02. The molecule has 5 rings (SSSR count). The highest BCUT2D eigenvalue weighted by Crippen LogP contribution is 2.63. The molecule has 4 bridgehead atoms. The molecule has 1 N–H and O–H groups in total. The number of alkyl halides is 1. The summed E-state index contributed by atoms with van der Waals surface area (Å²) < 4.78 is 5.14. The summed E-state index contributed by atoms with van der Waals surface area (Å²) in [5.41, 5.74) is 0.921. The second-order valence-corrected chi connectivity index (χ2v) is 8.82. The molecule has 1 aromatic rings. The number of rotatable bonds is 4. The Hall–Kier alpha value is -1.22. The first kappa shape index (κ1) is 15.3. The maximum absolute atomic E-state index is 12.4. The van der Waals surface area contributed by atoms with E-state index in [0.29, 0.717) is 5.56 Å². The van der Waals surface area contributed by atoms with Gasteiger partial charge in [-0.1, -0.05) is 0 Å². The molecule has 0 aliphatic heterocycles. The highest BCUT2D eigenvalue weighted by atomic mass is 35.5. The molecule has 0 heterocycles. The molecule has 0 saturated heterocycles. The van der Waals surface area contributed by atoms with Gasteiger partial charge in [-0.2, -0.15) is 0 Å². The zero-order chi connectivity index (χ0) is 16.1. The lowest BCUT2D eigenvalue weighted by atomic mass is 9.49. The van der Waals surface area contributed by atoms with Gasteiger partial charge in [0.2, 0.25) is 0 Å². The van der Waals surface area contributed by atoms with Gasteiger partial charge in [-0.15, -0.1) is 11.6 Å². The average Bonchev–Trinajstić information content (AvgIpc) is 2.50. The number of ether oxygens (including phenoxy) is 1. The molecule has 1 amide bonds. The third-order valence-electron chi connectivity index (χ3n) is 6.09. The fraction of sp³-hybridized carbons (Fsp3) is 0.632. The standard InChI is InChI=1S/C19H24ClNO2/c1-23-16-4-2-15(3-5-16)17(22)21-12-18-7-13-6-14(8-18)10-19(20,9-13)11-18/h2-5,13-14H,6-12H2,1H3,(H,21,22)/t13-,14-,18?,19?/m0/s1. The fourth-order valence-electron chi connectivity index (χ4n) is 5.66. The monoisotopic (exact) mass is 333 g/mol. The van der Waals surface area contributed by atoms with Crippen LogP contribution in [0.4, 0.5) is 0 Å². The minimum atomic E-state index is 0.00650. The first-order valence-corrected chi connectivity index (χ1v) is 8.98. The first-order chi connectivity index (χ1) is 11.0. The van der Waals surface area contributed by atoms with Crippen molar-refractivity contribution >= 4 is 17.5 Å². The molecule has 0 spiro atoms. The van der Waals surface area contributed by atoms with E-state index < -0.39 is 0 Å². The summed E-state index contributed by atoms with van der Waals surface area (Å²) >= 11 is 6.86. The molecule has 4 aliphatic carbocycles. The Kier molecular flexibility index (Phi) is 3.60. The maximum atomic E-state index is 12.4. The van der Waals surface area contributed by atoms with Crippen LogP contribution < -0.4 is 10.1 Å². The highest BCUT2D eigenvalue weighted by Gasteiger charge is 2.56. The third-order valence-corrected chi connectivity index (χ3v) is 6.53. The SMILES string of the molecule is COc1ccc(C(=O)NCC23C[C@@H]4C[C@H](CC(Cl)(C4)C2)C3)cc1. The largest absolute Gasteiger partial charge is 0.497 e. The molecule has 4 aliphatic rings. The highest BCUT2D eigenvalue weighted by molar-refractivity contribution is 6.24. The predicted octanol–water partition coefficient (Wildman–Crippen LogP) is 4.00. The molecule has 4 heteroatoms. The van der Waals surface area contributed by atoms with E-state index in [0.717, 1.165) is 30.6 Å². The zero-order valence-electron chi connectivity index (χ0n) is 13.6. The summed E-state index contributed by atoms with van der Waals surface area (Å²) in [6.07, 6.45) is 7.25. The number of hydrogen-bond acceptors (Lipinski definition) is 2. The quantitative estimate of drug-likeness (QED) is 0.846. The molecule has 0 aromatic heterocycles. The summed E-state index contributed by atoms with van der Waals surface area (Å²) in [7, 11) is 1.63. The van der Waals surface area contributed by atoms with Gasteiger partial charge in [-0.25, -0.2) is 0 Å². The van der Waals surface area contributed by atoms with Crippen molar-refractivity contribution in [2.75, 3.05) is 13.7 Å². The third kappa shape index (κ3) is 2.84. The number of halogens is 1. The van der Waals surface area contributed by atoms with Crippen LogP contribution in [0.1, 0.15) is 48.9 Å². The van der Waals surface area contributed by atoms with Crippen molar-refractivity contribution in [3.8, 4) is 5.75 Å². The zero-order valence-corrected chi connectivity index (χ0v) is 14.4. The summed E-state index contributed by atoms with van der Waals surface area (Å²) in [4.78, 5) is 12.4. The van der Waals surface area contributed by atoms with Crippen molar-refractivity contribution in [1.29, 1.82) is 0 Å². The molecule has 4 saturated carbocycles. The lowest BCUT2D eigenvalue weighted by Crippen LogP contribution is -2.56. The predicted molar refractivity (Wildman–Crippen MR) is 91.0 cm³/mol. The van der Waals surface area contributed by atoms with Gasteiger partial charge in [0.15, 0.2) is 0 Å². The van der Waals surface area contributed by atoms with Gasteiger partial charge in [0.1, 0.15) is 5.75 Å². The maximum Gasteiger partial charge on any atom is 0.251 e. The topological polar surface area (TPSA) is 38.3 Å². The van der Waals surface area contributed by atoms with Crippen molar-refractivity contribution < 1.29 is 9.53 Å². The molecule has 124 valence electrons. The molecular weight excluding hydrogens is 310 g/mol. The Morgan fingerprint density at radius 1 is 1.22 bits per heavy atom. The molecule has 23 heavy (non-hydrogen) atoms. The molecule has 1 aromatic carbocycles. The Morgan fingerprint density at radius 2 is 1.87 bits per heavy atom. The number of hydrogen-bond donors (Lipinski definition) is 1. The van der Waals surface area contributed by atoms with E-state index in [2.05, 4.69) is 5.32 Å². The van der Waals surface area contributed by atoms with Gasteiger partial charge in [0.25, 0.3) is 5.91 Å². The van der Waals surface area contributed by atoms with E-state index in [1.807, 2.05) is 24.3 Å². The number of benzene rings is 1. The van der Waals surface area contributed by atoms with Crippen molar-refractivity contribution in [3.63, 3.8) is 0 Å². The summed E-state index contributed by atoms with van der Waals surface area (Å²) in [5.74, 6) is 2.32. The van der Waals surface area contributed by atoms with E-state index in [9.17, 15) is 4.79 Å². The lowest BCUT2D eigenvalue weighted by Gasteiger charge is -2.60. The summed E-state index contributed by atoms with van der Waals surface area (Å²) in [5, 5.41) is 3.17. The van der Waals surface area contributed by atoms with Gasteiger partial charge in [0.05, 0.1) is 7.11 Å². The van der Waals surface area contributed by atoms with Gasteiger partial charge < -0.3 is 10.1 Å². The lowest BCUT2D eigenvalue weighted by molar-refractivity contribution is -0.0379. The normalized spacial score (nSPS) is 37.7. The fourth-order valence-corrected chi connectivity index (χ4v) is 6.37. The van der Waals surface area contributed by atoms with E-state index in [1.54, 1.807) is 7.11 Å². The van der Waals surface area contributed by atoms with Crippen molar-refractivity contribution in [2.45, 2.75) is 43.4 Å². The van der Waals surface area contributed by atoms with Gasteiger partial charge in [-0.05, 0) is 80.0 Å². The van der Waals surface area contributed by atoms with Crippen LogP contribution >= 0.6 is 11.6 Å². The Morgan fingerprint density at radius 3 is 2.43 bits per heavy atom. The molecule has 2 atom stereocenters. The number of amides is 1. The van der Waals surface area contributed by atoms with Crippen molar-refractivity contribution in [3.05, 3.63) is 29.8 Å². The van der Waals surface area contributed by atoms with Crippen LogP contribution in [-0.2, 0) is 0 Å². The second kappa shape index (κ2) is 5.41. The van der Waals surface area contributed by atoms with Crippen LogP contribution in [0.5, 0.6) is 5.75 Å². The Bertz CT molecular complexity index is 598. The van der Waals surface area contributed by atoms with E-state index in [-0.39, 0.29) is 16.2 Å². The minimum absolute atomic E-state index is 0.00650. The number of carbonyl (C=O) groups is 1. The Balaban J connectivity index is 1.43. The average molecular weight is 334 g/mol. The molecule has 0 radical (unpaired) electrons.